The van der Waals surface area contributed by atoms with Crippen LogP contribution in [0.5, 0.6) is 0 Å². The van der Waals surface area contributed by atoms with Crippen molar-refractivity contribution in [3.05, 3.63) is 28.8 Å². The molecule has 1 fully saturated rings. The SMILES string of the molecule is CC(C)(C)CC(=O)Nc1ccc(Cl)c(C(=O)NC2(CC(=O)O)CCCC2)c1. The molecular weight excluding hydrogens is 368 g/mol. The van der Waals surface area contributed by atoms with Crippen LogP contribution in [0.2, 0.25) is 5.02 Å². The fourth-order valence-corrected chi connectivity index (χ4v) is 3.66. The number of anilines is 1. The van der Waals surface area contributed by atoms with Crippen LogP contribution in [0, 0.1) is 5.41 Å². The molecule has 148 valence electrons. The van der Waals surface area contributed by atoms with Gasteiger partial charge >= 0.3 is 5.97 Å². The molecule has 0 aliphatic heterocycles. The lowest BCUT2D eigenvalue weighted by molar-refractivity contribution is -0.138. The first-order valence-corrected chi connectivity index (χ1v) is 9.51. The van der Waals surface area contributed by atoms with Crippen molar-refractivity contribution in [3.63, 3.8) is 0 Å². The van der Waals surface area contributed by atoms with Gasteiger partial charge in [-0.05, 0) is 36.5 Å². The molecule has 0 aromatic heterocycles. The predicted octanol–water partition coefficient (Wildman–Crippen LogP) is 4.23. The van der Waals surface area contributed by atoms with E-state index in [1.807, 2.05) is 20.8 Å². The molecule has 0 bridgehead atoms. The van der Waals surface area contributed by atoms with Crippen molar-refractivity contribution in [1.82, 2.24) is 5.32 Å². The van der Waals surface area contributed by atoms with E-state index in [0.29, 0.717) is 24.9 Å². The van der Waals surface area contributed by atoms with Crippen molar-refractivity contribution in [1.29, 1.82) is 0 Å². The molecule has 1 aromatic carbocycles. The average molecular weight is 395 g/mol. The van der Waals surface area contributed by atoms with E-state index in [-0.39, 0.29) is 28.3 Å². The highest BCUT2D eigenvalue weighted by Gasteiger charge is 2.38. The van der Waals surface area contributed by atoms with E-state index >= 15 is 0 Å². The van der Waals surface area contributed by atoms with Crippen LogP contribution in [-0.2, 0) is 9.59 Å². The van der Waals surface area contributed by atoms with Crippen molar-refractivity contribution >= 4 is 35.1 Å². The summed E-state index contributed by atoms with van der Waals surface area (Å²) in [4.78, 5) is 36.1. The van der Waals surface area contributed by atoms with Crippen molar-refractivity contribution < 1.29 is 19.5 Å². The summed E-state index contributed by atoms with van der Waals surface area (Å²) < 4.78 is 0. The van der Waals surface area contributed by atoms with Crippen LogP contribution < -0.4 is 10.6 Å². The van der Waals surface area contributed by atoms with Gasteiger partial charge in [0.05, 0.1) is 22.5 Å². The molecule has 1 aliphatic carbocycles. The summed E-state index contributed by atoms with van der Waals surface area (Å²) in [6.45, 7) is 5.91. The second-order valence-corrected chi connectivity index (χ2v) is 8.90. The highest BCUT2D eigenvalue weighted by Crippen LogP contribution is 2.33. The highest BCUT2D eigenvalue weighted by molar-refractivity contribution is 6.34. The first-order valence-electron chi connectivity index (χ1n) is 9.13. The van der Waals surface area contributed by atoms with Gasteiger partial charge in [0, 0.05) is 12.1 Å². The van der Waals surface area contributed by atoms with Crippen LogP contribution in [0.1, 0.15) is 69.7 Å². The van der Waals surface area contributed by atoms with E-state index in [4.69, 9.17) is 11.6 Å². The van der Waals surface area contributed by atoms with Crippen LogP contribution in [0.4, 0.5) is 5.69 Å². The number of benzene rings is 1. The number of hydrogen-bond acceptors (Lipinski definition) is 3. The van der Waals surface area contributed by atoms with Gasteiger partial charge in [-0.15, -0.1) is 0 Å². The topological polar surface area (TPSA) is 95.5 Å². The summed E-state index contributed by atoms with van der Waals surface area (Å²) in [5.74, 6) is -1.50. The first kappa shape index (κ1) is 21.2. The molecule has 1 aliphatic rings. The zero-order valence-electron chi connectivity index (χ0n) is 16.0. The smallest absolute Gasteiger partial charge is 0.305 e. The van der Waals surface area contributed by atoms with Gasteiger partial charge in [-0.1, -0.05) is 45.2 Å². The van der Waals surface area contributed by atoms with E-state index in [0.717, 1.165) is 12.8 Å². The second kappa shape index (κ2) is 8.30. The lowest BCUT2D eigenvalue weighted by Gasteiger charge is -2.29. The van der Waals surface area contributed by atoms with Gasteiger partial charge < -0.3 is 15.7 Å². The molecule has 1 aromatic rings. The van der Waals surface area contributed by atoms with E-state index in [1.165, 1.54) is 6.07 Å². The molecule has 3 N–H and O–H groups in total. The zero-order chi connectivity index (χ0) is 20.2. The maximum Gasteiger partial charge on any atom is 0.305 e. The molecule has 0 heterocycles. The summed E-state index contributed by atoms with van der Waals surface area (Å²) in [6.07, 6.45) is 3.25. The van der Waals surface area contributed by atoms with Crippen LogP contribution in [-0.4, -0.2) is 28.4 Å². The van der Waals surface area contributed by atoms with Gasteiger partial charge in [0.2, 0.25) is 5.91 Å². The Morgan fingerprint density at radius 2 is 1.81 bits per heavy atom. The molecule has 0 unspecified atom stereocenters. The Bertz CT molecular complexity index is 734. The molecule has 2 rings (SSSR count). The third-order valence-corrected chi connectivity index (χ3v) is 4.94. The van der Waals surface area contributed by atoms with Gasteiger partial charge in [0.15, 0.2) is 0 Å². The van der Waals surface area contributed by atoms with Crippen LogP contribution in [0.15, 0.2) is 18.2 Å². The maximum absolute atomic E-state index is 12.8. The van der Waals surface area contributed by atoms with Crippen LogP contribution >= 0.6 is 11.6 Å². The molecule has 0 atom stereocenters. The molecule has 7 heteroatoms. The number of carbonyl (C=O) groups is 3. The quantitative estimate of drug-likeness (QED) is 0.672. The molecule has 0 spiro atoms. The fourth-order valence-electron chi connectivity index (χ4n) is 3.46. The number of nitrogens with one attached hydrogen (secondary N) is 2. The lowest BCUT2D eigenvalue weighted by atomic mass is 9.92. The van der Waals surface area contributed by atoms with Crippen molar-refractivity contribution in [3.8, 4) is 0 Å². The Morgan fingerprint density at radius 3 is 2.37 bits per heavy atom. The average Bonchev–Trinajstić information content (AvgIpc) is 2.94. The first-order chi connectivity index (χ1) is 12.5. The number of carboxylic acids is 1. The summed E-state index contributed by atoms with van der Waals surface area (Å²) in [5.41, 5.74) is -0.181. The summed E-state index contributed by atoms with van der Waals surface area (Å²) in [6, 6.07) is 4.73. The molecule has 27 heavy (non-hydrogen) atoms. The van der Waals surface area contributed by atoms with Gasteiger partial charge in [-0.2, -0.15) is 0 Å². The Hall–Kier alpha value is -2.08. The number of rotatable bonds is 6. The summed E-state index contributed by atoms with van der Waals surface area (Å²) in [5, 5.41) is 15.1. The third kappa shape index (κ3) is 6.24. The third-order valence-electron chi connectivity index (χ3n) is 4.61. The number of halogens is 1. The minimum Gasteiger partial charge on any atom is -0.481 e. The standard InChI is InChI=1S/C20H27ClN2O4/c1-19(2,3)11-16(24)22-13-6-7-15(21)14(10-13)18(27)23-20(12-17(25)26)8-4-5-9-20/h6-7,10H,4-5,8-9,11-12H2,1-3H3,(H,22,24)(H,23,27)(H,25,26). The van der Waals surface area contributed by atoms with Gasteiger partial charge in [0.1, 0.15) is 0 Å². The number of hydrogen-bond donors (Lipinski definition) is 3. The Kier molecular flexibility index (Phi) is 6.52. The summed E-state index contributed by atoms with van der Waals surface area (Å²) >= 11 is 6.18. The number of carbonyl (C=O) groups excluding carboxylic acids is 2. The van der Waals surface area contributed by atoms with E-state index in [2.05, 4.69) is 10.6 Å². The lowest BCUT2D eigenvalue weighted by Crippen LogP contribution is -2.47. The number of aliphatic carboxylic acids is 1. The van der Waals surface area contributed by atoms with Gasteiger partial charge in [0.25, 0.3) is 5.91 Å². The molecule has 0 radical (unpaired) electrons. The highest BCUT2D eigenvalue weighted by atomic mass is 35.5. The van der Waals surface area contributed by atoms with Crippen molar-refractivity contribution in [2.75, 3.05) is 5.32 Å². The normalized spacial score (nSPS) is 16.0. The fraction of sp³-hybridized carbons (Fsp3) is 0.550. The van der Waals surface area contributed by atoms with Crippen molar-refractivity contribution in [2.24, 2.45) is 5.41 Å². The minimum absolute atomic E-state index is 0.113. The van der Waals surface area contributed by atoms with E-state index in [9.17, 15) is 19.5 Å². The maximum atomic E-state index is 12.8. The van der Waals surface area contributed by atoms with E-state index in [1.54, 1.807) is 12.1 Å². The summed E-state index contributed by atoms with van der Waals surface area (Å²) in [7, 11) is 0. The van der Waals surface area contributed by atoms with Crippen LogP contribution in [0.25, 0.3) is 0 Å². The zero-order valence-corrected chi connectivity index (χ0v) is 16.8. The Labute approximate surface area is 164 Å². The molecule has 6 nitrogen and oxygen atoms in total. The number of amides is 2. The minimum atomic E-state index is -0.938. The molecular formula is C20H27ClN2O4. The van der Waals surface area contributed by atoms with Crippen LogP contribution in [0.3, 0.4) is 0 Å². The van der Waals surface area contributed by atoms with Gasteiger partial charge in [-0.3, -0.25) is 14.4 Å². The predicted molar refractivity (Wildman–Crippen MR) is 105 cm³/mol. The molecule has 2 amide bonds. The Morgan fingerprint density at radius 1 is 1.19 bits per heavy atom. The molecule has 0 saturated heterocycles. The largest absolute Gasteiger partial charge is 0.481 e. The van der Waals surface area contributed by atoms with Gasteiger partial charge in [-0.25, -0.2) is 0 Å². The second-order valence-electron chi connectivity index (χ2n) is 8.49. The van der Waals surface area contributed by atoms with E-state index < -0.39 is 17.4 Å². The monoisotopic (exact) mass is 394 g/mol. The van der Waals surface area contributed by atoms with Crippen molar-refractivity contribution in [2.45, 2.75) is 64.8 Å². The Balaban J connectivity index is 2.16. The molecule has 1 saturated carbocycles. The number of carboxylic acid groups (broad SMARTS) is 1.